The molecule has 0 aliphatic rings. The van der Waals surface area contributed by atoms with E-state index in [2.05, 4.69) is 5.32 Å². The Morgan fingerprint density at radius 3 is 2.20 bits per heavy atom. The summed E-state index contributed by atoms with van der Waals surface area (Å²) in [5.74, 6) is -0.0663. The minimum Gasteiger partial charge on any atom is -0.353 e. The molecule has 0 spiro atoms. The van der Waals surface area contributed by atoms with Crippen molar-refractivity contribution < 1.29 is 9.90 Å². The van der Waals surface area contributed by atoms with Crippen LogP contribution in [-0.2, 0) is 9.90 Å². The van der Waals surface area contributed by atoms with Crippen LogP contribution in [0.2, 0.25) is 0 Å². The van der Waals surface area contributed by atoms with E-state index in [0.717, 1.165) is 0 Å². The van der Waals surface area contributed by atoms with Gasteiger partial charge in [-0.1, -0.05) is 20.8 Å². The molecule has 1 N–H and O–H groups in total. The van der Waals surface area contributed by atoms with Crippen molar-refractivity contribution in [1.29, 1.82) is 0 Å². The zero-order valence-corrected chi connectivity index (χ0v) is 6.73. The molecule has 1 amide bonds. The van der Waals surface area contributed by atoms with Gasteiger partial charge >= 0.3 is 0 Å². The van der Waals surface area contributed by atoms with Gasteiger partial charge in [-0.25, -0.2) is 5.11 Å². The number of nitrogens with one attached hydrogen (secondary N) is 1. The van der Waals surface area contributed by atoms with E-state index >= 15 is 0 Å². The van der Waals surface area contributed by atoms with Crippen LogP contribution in [0, 0.1) is 5.41 Å². The maximum absolute atomic E-state index is 11.0. The highest BCUT2D eigenvalue weighted by atomic mass is 16.3. The van der Waals surface area contributed by atoms with Gasteiger partial charge in [0.25, 0.3) is 0 Å². The molecule has 1 radical (unpaired) electrons. The second kappa shape index (κ2) is 3.56. The lowest BCUT2D eigenvalue weighted by molar-refractivity contribution is -0.128. The van der Waals surface area contributed by atoms with Gasteiger partial charge in [0, 0.05) is 12.0 Å². The Bertz CT molecular complexity index is 115. The molecule has 0 saturated carbocycles. The van der Waals surface area contributed by atoms with E-state index in [1.165, 1.54) is 0 Å². The van der Waals surface area contributed by atoms with Gasteiger partial charge in [-0.3, -0.25) is 4.79 Å². The fraction of sp³-hybridized carbons (Fsp3) is 0.857. The molecule has 0 atom stereocenters. The van der Waals surface area contributed by atoms with Gasteiger partial charge in [0.1, 0.15) is 0 Å². The molecule has 0 unspecified atom stereocenters. The van der Waals surface area contributed by atoms with Crippen molar-refractivity contribution in [2.45, 2.75) is 20.8 Å². The Kier molecular flexibility index (Phi) is 3.36. The Morgan fingerprint density at radius 1 is 1.40 bits per heavy atom. The van der Waals surface area contributed by atoms with Crippen LogP contribution >= 0.6 is 0 Å². The number of carbonyl (C=O) groups is 1. The van der Waals surface area contributed by atoms with Gasteiger partial charge in [0.15, 0.2) is 0 Å². The topological polar surface area (TPSA) is 49.0 Å². The third-order valence-corrected chi connectivity index (χ3v) is 1.07. The number of rotatable bonds is 2. The summed E-state index contributed by atoms with van der Waals surface area (Å²) in [4.78, 5) is 11.0. The van der Waals surface area contributed by atoms with Crippen LogP contribution in [0.25, 0.3) is 0 Å². The molecule has 0 heterocycles. The molecule has 10 heavy (non-hydrogen) atoms. The first kappa shape index (κ1) is 9.43. The first-order chi connectivity index (χ1) is 4.48. The zero-order valence-electron chi connectivity index (χ0n) is 6.73. The summed E-state index contributed by atoms with van der Waals surface area (Å²) in [5.41, 5.74) is -0.380. The quantitative estimate of drug-likeness (QED) is 0.605. The summed E-state index contributed by atoms with van der Waals surface area (Å²) in [6.07, 6.45) is 0. The van der Waals surface area contributed by atoms with E-state index in [4.69, 9.17) is 0 Å². The maximum Gasteiger partial charge on any atom is 0.225 e. The smallest absolute Gasteiger partial charge is 0.225 e. The van der Waals surface area contributed by atoms with Crippen molar-refractivity contribution in [3.8, 4) is 0 Å². The largest absolute Gasteiger partial charge is 0.353 e. The molecular formula is C7H14NO2. The van der Waals surface area contributed by atoms with Crippen LogP contribution in [0.3, 0.4) is 0 Å². The molecule has 3 heteroatoms. The molecular weight excluding hydrogens is 130 g/mol. The van der Waals surface area contributed by atoms with Gasteiger partial charge in [-0.05, 0) is 0 Å². The van der Waals surface area contributed by atoms with Crippen molar-refractivity contribution in [3.63, 3.8) is 0 Å². The van der Waals surface area contributed by atoms with Crippen molar-refractivity contribution >= 4 is 5.91 Å². The van der Waals surface area contributed by atoms with Crippen LogP contribution in [-0.4, -0.2) is 19.1 Å². The van der Waals surface area contributed by atoms with Gasteiger partial charge < -0.3 is 5.32 Å². The Balaban J connectivity index is 3.64. The molecule has 0 aromatic rings. The molecule has 0 saturated heterocycles. The average molecular weight is 144 g/mol. The summed E-state index contributed by atoms with van der Waals surface area (Å²) >= 11 is 0. The van der Waals surface area contributed by atoms with Gasteiger partial charge in [-0.15, -0.1) is 0 Å². The van der Waals surface area contributed by atoms with Crippen LogP contribution < -0.4 is 5.32 Å². The first-order valence-electron chi connectivity index (χ1n) is 3.35. The summed E-state index contributed by atoms with van der Waals surface area (Å²) in [6.45, 7) is 5.42. The highest BCUT2D eigenvalue weighted by molar-refractivity contribution is 5.81. The minimum absolute atomic E-state index is 0.0663. The van der Waals surface area contributed by atoms with E-state index < -0.39 is 0 Å². The van der Waals surface area contributed by atoms with E-state index in [-0.39, 0.29) is 24.5 Å². The average Bonchev–Trinajstić information content (AvgIpc) is 1.80. The van der Waals surface area contributed by atoms with Gasteiger partial charge in [0.2, 0.25) is 5.91 Å². The van der Waals surface area contributed by atoms with E-state index in [9.17, 15) is 9.90 Å². The minimum atomic E-state index is -0.380. The summed E-state index contributed by atoms with van der Waals surface area (Å²) in [5, 5.41) is 12.5. The lowest BCUT2D eigenvalue weighted by atomic mass is 9.96. The monoisotopic (exact) mass is 144 g/mol. The molecule has 0 aliphatic heterocycles. The fourth-order valence-electron chi connectivity index (χ4n) is 0.430. The predicted molar refractivity (Wildman–Crippen MR) is 38.0 cm³/mol. The maximum atomic E-state index is 11.0. The van der Waals surface area contributed by atoms with Crippen molar-refractivity contribution in [1.82, 2.24) is 5.32 Å². The Morgan fingerprint density at radius 2 is 1.90 bits per heavy atom. The van der Waals surface area contributed by atoms with Crippen LogP contribution in [0.1, 0.15) is 20.8 Å². The third kappa shape index (κ3) is 3.45. The standard InChI is InChI=1S/C7H14NO2/c1-7(2,3)6(10)8-4-5-9/h4-5H2,1-3H3,(H,8,10). The van der Waals surface area contributed by atoms with E-state index in [0.29, 0.717) is 0 Å². The molecule has 0 aliphatic carbocycles. The van der Waals surface area contributed by atoms with Gasteiger partial charge in [-0.2, -0.15) is 0 Å². The van der Waals surface area contributed by atoms with E-state index in [1.54, 1.807) is 0 Å². The first-order valence-corrected chi connectivity index (χ1v) is 3.35. The van der Waals surface area contributed by atoms with Crippen molar-refractivity contribution in [2.24, 2.45) is 5.41 Å². The number of carbonyl (C=O) groups excluding carboxylic acids is 1. The normalized spacial score (nSPS) is 11.2. The van der Waals surface area contributed by atoms with Gasteiger partial charge in [0.05, 0.1) is 6.61 Å². The molecule has 3 nitrogen and oxygen atoms in total. The van der Waals surface area contributed by atoms with Crippen molar-refractivity contribution in [2.75, 3.05) is 13.2 Å². The molecule has 59 valence electrons. The highest BCUT2D eigenvalue weighted by Crippen LogP contribution is 2.11. The SMILES string of the molecule is CC(C)(C)C(=O)NCC[O]. The molecule has 0 aromatic heterocycles. The Hall–Kier alpha value is -0.570. The second-order valence-corrected chi connectivity index (χ2v) is 3.21. The number of hydrogen-bond donors (Lipinski definition) is 1. The van der Waals surface area contributed by atoms with Crippen molar-refractivity contribution in [3.05, 3.63) is 0 Å². The number of hydrogen-bond acceptors (Lipinski definition) is 1. The van der Waals surface area contributed by atoms with E-state index in [1.807, 2.05) is 20.8 Å². The van der Waals surface area contributed by atoms with Crippen LogP contribution in [0.15, 0.2) is 0 Å². The predicted octanol–water partition coefficient (Wildman–Crippen LogP) is 0.579. The zero-order chi connectivity index (χ0) is 8.20. The molecule has 0 bridgehead atoms. The molecule has 0 rings (SSSR count). The molecule has 0 aromatic carbocycles. The van der Waals surface area contributed by atoms with Crippen LogP contribution in [0.4, 0.5) is 0 Å². The number of amides is 1. The molecule has 0 fully saturated rings. The third-order valence-electron chi connectivity index (χ3n) is 1.07. The fourth-order valence-corrected chi connectivity index (χ4v) is 0.430. The summed E-state index contributed by atoms with van der Waals surface area (Å²) < 4.78 is 0. The second-order valence-electron chi connectivity index (χ2n) is 3.21. The highest BCUT2D eigenvalue weighted by Gasteiger charge is 2.19. The van der Waals surface area contributed by atoms with Crippen LogP contribution in [0.5, 0.6) is 0 Å². The lowest BCUT2D eigenvalue weighted by Gasteiger charge is -2.16. The summed E-state index contributed by atoms with van der Waals surface area (Å²) in [7, 11) is 0. The lowest BCUT2D eigenvalue weighted by Crippen LogP contribution is -2.36. The Labute approximate surface area is 61.4 Å². The summed E-state index contributed by atoms with van der Waals surface area (Å²) in [6, 6.07) is 0.